The van der Waals surface area contributed by atoms with Crippen LogP contribution in [0.4, 0.5) is 0 Å². The molecule has 1 aromatic rings. The van der Waals surface area contributed by atoms with Crippen molar-refractivity contribution >= 4 is 17.6 Å². The van der Waals surface area contributed by atoms with Gasteiger partial charge < -0.3 is 4.74 Å². The van der Waals surface area contributed by atoms with Crippen molar-refractivity contribution in [1.29, 1.82) is 0 Å². The van der Waals surface area contributed by atoms with Gasteiger partial charge in [0.15, 0.2) is 0 Å². The van der Waals surface area contributed by atoms with Gasteiger partial charge in [0.2, 0.25) is 6.08 Å². The van der Waals surface area contributed by atoms with Gasteiger partial charge in [-0.05, 0) is 139 Å². The van der Waals surface area contributed by atoms with Crippen LogP contribution in [0.1, 0.15) is 115 Å². The van der Waals surface area contributed by atoms with E-state index in [0.717, 1.165) is 32.1 Å². The molecule has 4 saturated carbocycles. The van der Waals surface area contributed by atoms with Gasteiger partial charge in [-0.2, -0.15) is 4.99 Å². The second-order valence-electron chi connectivity index (χ2n) is 16.1. The van der Waals surface area contributed by atoms with Gasteiger partial charge >= 0.3 is 5.97 Å². The van der Waals surface area contributed by atoms with Crippen molar-refractivity contribution in [3.05, 3.63) is 53.6 Å². The Morgan fingerprint density at radius 1 is 0.929 bits per heavy atom. The highest BCUT2D eigenvalue weighted by Crippen LogP contribution is 2.77. The monoisotopic (exact) mass is 569 g/mol. The van der Waals surface area contributed by atoms with Crippen LogP contribution in [0, 0.1) is 51.2 Å². The van der Waals surface area contributed by atoms with Crippen molar-refractivity contribution in [2.45, 2.75) is 105 Å². The molecule has 0 radical (unpaired) electrons. The number of allylic oxidation sites excluding steroid dienone is 3. The standard InChI is InChI=1S/C38H51NO3/c1-24(2)27-15-20-38(39-23-40)22-21-36(6)29(32(27)38)13-14-31-35(5)18-16-28(25-9-11-26(12-10-25)33(41)42-8)34(3,4)30(35)17-19-37(31,36)7/h9-12,16,27,29-32H,1,13-15,17-22H2,2-8H3/t27-,29+,30-,31+,32+,35-,36+,37+,38?/m0/s1. The number of carbonyl (C=O) groups excluding carboxylic acids is 2. The summed E-state index contributed by atoms with van der Waals surface area (Å²) in [7, 11) is 1.43. The van der Waals surface area contributed by atoms with Crippen molar-refractivity contribution in [3.63, 3.8) is 0 Å². The molecule has 6 rings (SSSR count). The third kappa shape index (κ3) is 3.82. The fraction of sp³-hybridized carbons (Fsp3) is 0.684. The fourth-order valence-electron chi connectivity index (χ4n) is 12.4. The Kier molecular flexibility index (Phi) is 6.90. The average Bonchev–Trinajstić information content (AvgIpc) is 3.33. The highest BCUT2D eigenvalue weighted by Gasteiger charge is 2.70. The lowest BCUT2D eigenvalue weighted by Crippen LogP contribution is -2.66. The third-order valence-electron chi connectivity index (χ3n) is 14.5. The van der Waals surface area contributed by atoms with E-state index in [-0.39, 0.29) is 33.2 Å². The second-order valence-corrected chi connectivity index (χ2v) is 16.1. The number of hydrogen-bond donors (Lipinski definition) is 0. The number of benzene rings is 1. The van der Waals surface area contributed by atoms with E-state index in [4.69, 9.17) is 4.74 Å². The van der Waals surface area contributed by atoms with Crippen LogP contribution in [0.2, 0.25) is 0 Å². The van der Waals surface area contributed by atoms with Crippen molar-refractivity contribution in [2.75, 3.05) is 7.11 Å². The first-order valence-corrected chi connectivity index (χ1v) is 16.4. The molecule has 0 saturated heterocycles. The lowest BCUT2D eigenvalue weighted by atomic mass is 9.33. The lowest BCUT2D eigenvalue weighted by molar-refractivity contribution is -0.217. The summed E-state index contributed by atoms with van der Waals surface area (Å²) in [6.07, 6.45) is 15.0. The topological polar surface area (TPSA) is 55.7 Å². The number of methoxy groups -OCH3 is 1. The summed E-state index contributed by atoms with van der Waals surface area (Å²) in [5.41, 5.74) is 5.06. The Labute approximate surface area is 253 Å². The quantitative estimate of drug-likeness (QED) is 0.157. The largest absolute Gasteiger partial charge is 0.465 e. The Hall–Kier alpha value is -2.45. The molecule has 4 heteroatoms. The third-order valence-corrected chi connectivity index (χ3v) is 14.5. The number of ether oxygens (including phenoxy) is 1. The Morgan fingerprint density at radius 3 is 2.29 bits per heavy atom. The molecule has 4 fully saturated rings. The highest BCUT2D eigenvalue weighted by molar-refractivity contribution is 5.89. The molecular formula is C38H51NO3. The van der Waals surface area contributed by atoms with Gasteiger partial charge in [-0.15, -0.1) is 0 Å². The molecular weight excluding hydrogens is 518 g/mol. The minimum atomic E-state index is -0.285. The number of nitrogens with zero attached hydrogens (tertiary/aromatic N) is 1. The second kappa shape index (κ2) is 9.78. The predicted octanol–water partition coefficient (Wildman–Crippen LogP) is 9.21. The minimum Gasteiger partial charge on any atom is -0.465 e. The van der Waals surface area contributed by atoms with Gasteiger partial charge in [-0.25, -0.2) is 9.59 Å². The molecule has 5 aliphatic rings. The van der Waals surface area contributed by atoms with Crippen molar-refractivity contribution in [3.8, 4) is 0 Å². The van der Waals surface area contributed by atoms with E-state index in [1.54, 1.807) is 0 Å². The lowest BCUT2D eigenvalue weighted by Gasteiger charge is -2.72. The molecule has 4 nitrogen and oxygen atoms in total. The molecule has 0 N–H and O–H groups in total. The number of hydrogen-bond acceptors (Lipinski definition) is 4. The van der Waals surface area contributed by atoms with Gasteiger partial charge in [-0.3, -0.25) is 0 Å². The zero-order valence-electron chi connectivity index (χ0n) is 27.0. The summed E-state index contributed by atoms with van der Waals surface area (Å²) in [6, 6.07) is 8.03. The van der Waals surface area contributed by atoms with Crippen LogP contribution in [0.15, 0.2) is 47.5 Å². The van der Waals surface area contributed by atoms with Gasteiger partial charge in [0, 0.05) is 0 Å². The Bertz CT molecular complexity index is 1370. The predicted molar refractivity (Wildman–Crippen MR) is 169 cm³/mol. The van der Waals surface area contributed by atoms with Gasteiger partial charge in [0.25, 0.3) is 0 Å². The molecule has 0 aromatic heterocycles. The molecule has 0 amide bonds. The maximum atomic E-state index is 12.0. The number of rotatable bonds is 4. The first-order chi connectivity index (χ1) is 19.8. The van der Waals surface area contributed by atoms with Crippen LogP contribution >= 0.6 is 0 Å². The first-order valence-electron chi connectivity index (χ1n) is 16.4. The first kappa shape index (κ1) is 29.6. The summed E-state index contributed by atoms with van der Waals surface area (Å²) in [5, 5.41) is 0. The smallest absolute Gasteiger partial charge is 0.337 e. The Morgan fingerprint density at radius 2 is 1.64 bits per heavy atom. The van der Waals surface area contributed by atoms with Crippen LogP contribution in [0.5, 0.6) is 0 Å². The van der Waals surface area contributed by atoms with E-state index in [9.17, 15) is 9.59 Å². The molecule has 0 aliphatic heterocycles. The summed E-state index contributed by atoms with van der Waals surface area (Å²) < 4.78 is 4.93. The molecule has 5 aliphatic carbocycles. The number of fused-ring (bicyclic) bond motifs is 7. The maximum absolute atomic E-state index is 12.0. The van der Waals surface area contributed by atoms with Crippen molar-refractivity contribution in [2.24, 2.45) is 56.2 Å². The fourth-order valence-corrected chi connectivity index (χ4v) is 12.4. The molecule has 0 spiro atoms. The van der Waals surface area contributed by atoms with Crippen LogP contribution in [0.25, 0.3) is 5.57 Å². The Balaban J connectivity index is 1.36. The molecule has 1 aromatic carbocycles. The molecule has 226 valence electrons. The van der Waals surface area contributed by atoms with Crippen LogP contribution in [0.3, 0.4) is 0 Å². The molecule has 0 heterocycles. The number of esters is 1. The average molecular weight is 570 g/mol. The highest BCUT2D eigenvalue weighted by atomic mass is 16.5. The van der Waals surface area contributed by atoms with Gasteiger partial charge in [-0.1, -0.05) is 65.0 Å². The van der Waals surface area contributed by atoms with E-state index in [2.05, 4.69) is 71.3 Å². The van der Waals surface area contributed by atoms with E-state index >= 15 is 0 Å². The number of aliphatic imine (C=N–C) groups is 1. The summed E-state index contributed by atoms with van der Waals surface area (Å²) in [6.45, 7) is 19.5. The van der Waals surface area contributed by atoms with E-state index in [1.165, 1.54) is 49.5 Å². The zero-order valence-corrected chi connectivity index (χ0v) is 27.0. The maximum Gasteiger partial charge on any atom is 0.337 e. The van der Waals surface area contributed by atoms with Gasteiger partial charge in [0.1, 0.15) is 0 Å². The normalized spacial score (nSPS) is 43.4. The zero-order chi connectivity index (χ0) is 30.3. The number of carbonyl (C=O) groups is 1. The summed E-state index contributed by atoms with van der Waals surface area (Å²) in [4.78, 5) is 28.4. The molecule has 1 unspecified atom stereocenters. The summed E-state index contributed by atoms with van der Waals surface area (Å²) in [5.74, 6) is 2.43. The number of isocyanates is 1. The molecule has 9 atom stereocenters. The van der Waals surface area contributed by atoms with E-state index < -0.39 is 0 Å². The van der Waals surface area contributed by atoms with E-state index in [0.29, 0.717) is 35.2 Å². The minimum absolute atomic E-state index is 0.0375. The van der Waals surface area contributed by atoms with Crippen LogP contribution in [-0.4, -0.2) is 24.7 Å². The van der Waals surface area contributed by atoms with Crippen LogP contribution in [-0.2, 0) is 9.53 Å². The SMILES string of the molecule is C=C(C)[C@@H]1CCC2(N=C=O)CC[C@]3(C)[C@H](CC[C@@H]4[C@@]5(C)CC=C(c6ccc(C(=O)OC)cc6)C(C)(C)[C@@H]5CC[C@]43C)[C@@H]12. The van der Waals surface area contributed by atoms with Crippen molar-refractivity contribution in [1.82, 2.24) is 0 Å². The molecule has 0 bridgehead atoms. The summed E-state index contributed by atoms with van der Waals surface area (Å²) >= 11 is 0. The van der Waals surface area contributed by atoms with Crippen molar-refractivity contribution < 1.29 is 14.3 Å². The molecule has 42 heavy (non-hydrogen) atoms. The van der Waals surface area contributed by atoms with Gasteiger partial charge in [0.05, 0.1) is 18.2 Å². The van der Waals surface area contributed by atoms with E-state index in [1.807, 2.05) is 18.2 Å². The van der Waals surface area contributed by atoms with Crippen LogP contribution < -0.4 is 0 Å².